The molecule has 1 aromatic carbocycles. The lowest BCUT2D eigenvalue weighted by Crippen LogP contribution is -2.53. The smallest absolute Gasteiger partial charge is 0.269 e. The standard InChI is InChI=1S/C16H20N4O3/c1-19(2)11-17-18-14(21)16(9-15(10-16)6-7-15)12-4-3-5-13(8-12)20(22)23/h3-5,8,11H,6-7,9-10H2,1-2H3,(H,18,21). The summed E-state index contributed by atoms with van der Waals surface area (Å²) in [6, 6.07) is 6.41. The van der Waals surface area contributed by atoms with Gasteiger partial charge in [-0.2, -0.15) is 5.10 Å². The molecule has 23 heavy (non-hydrogen) atoms. The predicted molar refractivity (Wildman–Crippen MR) is 86.0 cm³/mol. The average molecular weight is 316 g/mol. The summed E-state index contributed by atoms with van der Waals surface area (Å²) in [5.41, 5.74) is 2.88. The van der Waals surface area contributed by atoms with Gasteiger partial charge in [-0.15, -0.1) is 0 Å². The number of benzene rings is 1. The molecule has 0 bridgehead atoms. The monoisotopic (exact) mass is 316 g/mol. The van der Waals surface area contributed by atoms with Crippen molar-refractivity contribution in [2.75, 3.05) is 14.1 Å². The Hall–Kier alpha value is -2.44. The molecule has 0 heterocycles. The number of hydrogen-bond acceptors (Lipinski definition) is 4. The summed E-state index contributed by atoms with van der Waals surface area (Å²) in [6.45, 7) is 0. The molecule has 2 saturated carbocycles. The highest BCUT2D eigenvalue weighted by Gasteiger charge is 2.64. The van der Waals surface area contributed by atoms with Crippen LogP contribution in [0.25, 0.3) is 0 Å². The van der Waals surface area contributed by atoms with Gasteiger partial charge in [-0.05, 0) is 36.7 Å². The van der Waals surface area contributed by atoms with Crippen LogP contribution in [0.1, 0.15) is 31.2 Å². The molecule has 122 valence electrons. The summed E-state index contributed by atoms with van der Waals surface area (Å²) >= 11 is 0. The number of nitro groups is 1. The van der Waals surface area contributed by atoms with Gasteiger partial charge in [-0.1, -0.05) is 12.1 Å². The van der Waals surface area contributed by atoms with Crippen LogP contribution in [0.3, 0.4) is 0 Å². The van der Waals surface area contributed by atoms with Crippen LogP contribution in [0.5, 0.6) is 0 Å². The van der Waals surface area contributed by atoms with E-state index in [0.29, 0.717) is 5.56 Å². The van der Waals surface area contributed by atoms with Crippen molar-refractivity contribution in [3.8, 4) is 0 Å². The van der Waals surface area contributed by atoms with Crippen molar-refractivity contribution in [1.29, 1.82) is 0 Å². The van der Waals surface area contributed by atoms with Crippen molar-refractivity contribution in [1.82, 2.24) is 10.3 Å². The molecule has 0 aromatic heterocycles. The van der Waals surface area contributed by atoms with E-state index in [4.69, 9.17) is 0 Å². The number of non-ortho nitro benzene ring substituents is 1. The summed E-state index contributed by atoms with van der Waals surface area (Å²) < 4.78 is 0. The van der Waals surface area contributed by atoms with Crippen molar-refractivity contribution in [2.24, 2.45) is 10.5 Å². The molecule has 7 heteroatoms. The van der Waals surface area contributed by atoms with Crippen molar-refractivity contribution in [2.45, 2.75) is 31.1 Å². The first-order valence-electron chi connectivity index (χ1n) is 7.62. The number of nitrogens with one attached hydrogen (secondary N) is 1. The summed E-state index contributed by atoms with van der Waals surface area (Å²) in [4.78, 5) is 25.0. The van der Waals surface area contributed by atoms with Crippen LogP contribution in [-0.4, -0.2) is 36.2 Å². The Bertz CT molecular complexity index is 672. The van der Waals surface area contributed by atoms with E-state index in [1.807, 2.05) is 14.1 Å². The van der Waals surface area contributed by atoms with Crippen LogP contribution in [0.15, 0.2) is 29.4 Å². The maximum Gasteiger partial charge on any atom is 0.269 e. The minimum Gasteiger partial charge on any atom is -0.367 e. The Morgan fingerprint density at radius 2 is 2.09 bits per heavy atom. The molecule has 2 aliphatic carbocycles. The summed E-state index contributed by atoms with van der Waals surface area (Å²) in [5.74, 6) is -0.186. The summed E-state index contributed by atoms with van der Waals surface area (Å²) in [5, 5.41) is 15.0. The molecule has 1 spiro atoms. The Labute approximate surface area is 134 Å². The molecule has 2 aliphatic rings. The molecular formula is C16H20N4O3. The molecule has 1 aromatic rings. The zero-order valence-electron chi connectivity index (χ0n) is 13.3. The highest BCUT2D eigenvalue weighted by atomic mass is 16.6. The molecule has 0 unspecified atom stereocenters. The number of hydrazone groups is 1. The predicted octanol–water partition coefficient (Wildman–Crippen LogP) is 2.03. The SMILES string of the molecule is CN(C)C=NNC(=O)C1(c2cccc([N+](=O)[O-])c2)CC2(CC2)C1. The molecule has 2 fully saturated rings. The van der Waals surface area contributed by atoms with Crippen LogP contribution < -0.4 is 5.43 Å². The molecule has 7 nitrogen and oxygen atoms in total. The van der Waals surface area contributed by atoms with Gasteiger partial charge in [0.05, 0.1) is 10.3 Å². The minimum atomic E-state index is -0.702. The first kappa shape index (κ1) is 15.5. The lowest BCUT2D eigenvalue weighted by atomic mass is 9.56. The van der Waals surface area contributed by atoms with Crippen LogP contribution in [-0.2, 0) is 10.2 Å². The van der Waals surface area contributed by atoms with Gasteiger partial charge < -0.3 is 4.90 Å². The zero-order valence-corrected chi connectivity index (χ0v) is 13.3. The van der Waals surface area contributed by atoms with Crippen LogP contribution in [0.4, 0.5) is 5.69 Å². The summed E-state index contributed by atoms with van der Waals surface area (Å²) in [6.07, 6.45) is 5.27. The number of nitro benzene ring substituents is 1. The Morgan fingerprint density at radius 1 is 1.39 bits per heavy atom. The van der Waals surface area contributed by atoms with Crippen LogP contribution in [0.2, 0.25) is 0 Å². The topological polar surface area (TPSA) is 87.8 Å². The zero-order chi connectivity index (χ0) is 16.7. The molecule has 0 saturated heterocycles. The van der Waals surface area contributed by atoms with E-state index >= 15 is 0 Å². The summed E-state index contributed by atoms with van der Waals surface area (Å²) in [7, 11) is 3.63. The first-order chi connectivity index (χ1) is 10.9. The number of amides is 1. The van der Waals surface area contributed by atoms with Gasteiger partial charge in [-0.3, -0.25) is 14.9 Å². The number of carbonyl (C=O) groups is 1. The van der Waals surface area contributed by atoms with Gasteiger partial charge in [0.25, 0.3) is 11.6 Å². The van der Waals surface area contributed by atoms with E-state index in [0.717, 1.165) is 25.7 Å². The second-order valence-electron chi connectivity index (χ2n) is 6.89. The average Bonchev–Trinajstić information content (AvgIpc) is 3.25. The second kappa shape index (κ2) is 5.33. The molecule has 0 atom stereocenters. The van der Waals surface area contributed by atoms with Gasteiger partial charge in [0.15, 0.2) is 0 Å². The molecule has 1 amide bonds. The first-order valence-corrected chi connectivity index (χ1v) is 7.62. The maximum absolute atomic E-state index is 12.7. The van der Waals surface area contributed by atoms with E-state index < -0.39 is 10.3 Å². The maximum atomic E-state index is 12.7. The van der Waals surface area contributed by atoms with Gasteiger partial charge in [0.1, 0.15) is 6.34 Å². The largest absolute Gasteiger partial charge is 0.367 e. The lowest BCUT2D eigenvalue weighted by Gasteiger charge is -2.47. The number of nitrogens with zero attached hydrogens (tertiary/aromatic N) is 3. The van der Waals surface area contributed by atoms with Gasteiger partial charge in [-0.25, -0.2) is 5.43 Å². The quantitative estimate of drug-likeness (QED) is 0.390. The molecular weight excluding hydrogens is 296 g/mol. The van der Waals surface area contributed by atoms with E-state index in [1.165, 1.54) is 18.5 Å². The van der Waals surface area contributed by atoms with Crippen molar-refractivity contribution in [3.63, 3.8) is 0 Å². The van der Waals surface area contributed by atoms with Gasteiger partial charge in [0, 0.05) is 26.2 Å². The fourth-order valence-corrected chi connectivity index (χ4v) is 3.48. The third-order valence-electron chi connectivity index (χ3n) is 4.81. The third-order valence-corrected chi connectivity index (χ3v) is 4.81. The molecule has 0 aliphatic heterocycles. The molecule has 0 radical (unpaired) electrons. The van der Waals surface area contributed by atoms with Crippen molar-refractivity contribution >= 4 is 17.9 Å². The lowest BCUT2D eigenvalue weighted by molar-refractivity contribution is -0.385. The molecule has 3 rings (SSSR count). The van der Waals surface area contributed by atoms with E-state index in [9.17, 15) is 14.9 Å². The Kier molecular flexibility index (Phi) is 3.58. The third kappa shape index (κ3) is 2.78. The molecule has 1 N–H and O–H groups in total. The fraction of sp³-hybridized carbons (Fsp3) is 0.500. The van der Waals surface area contributed by atoms with E-state index in [-0.39, 0.29) is 17.0 Å². The number of hydrogen-bond donors (Lipinski definition) is 1. The Balaban J connectivity index is 1.87. The van der Waals surface area contributed by atoms with Crippen LogP contribution in [0, 0.1) is 15.5 Å². The van der Waals surface area contributed by atoms with Gasteiger partial charge in [0.2, 0.25) is 0 Å². The minimum absolute atomic E-state index is 0.0169. The van der Waals surface area contributed by atoms with Gasteiger partial charge >= 0.3 is 0 Å². The van der Waals surface area contributed by atoms with Crippen molar-refractivity contribution < 1.29 is 9.72 Å². The number of carbonyl (C=O) groups excluding carboxylic acids is 1. The van der Waals surface area contributed by atoms with E-state index in [2.05, 4.69) is 10.5 Å². The highest BCUT2D eigenvalue weighted by Crippen LogP contribution is 2.69. The van der Waals surface area contributed by atoms with E-state index in [1.54, 1.807) is 17.0 Å². The normalized spacial score (nSPS) is 20.1. The fourth-order valence-electron chi connectivity index (χ4n) is 3.48. The van der Waals surface area contributed by atoms with Crippen molar-refractivity contribution in [3.05, 3.63) is 39.9 Å². The van der Waals surface area contributed by atoms with Crippen LogP contribution >= 0.6 is 0 Å². The highest BCUT2D eigenvalue weighted by molar-refractivity contribution is 5.90. The Morgan fingerprint density at radius 3 is 2.65 bits per heavy atom. The number of rotatable bonds is 5. The second-order valence-corrected chi connectivity index (χ2v) is 6.89.